The maximum absolute atomic E-state index is 11.8. The summed E-state index contributed by atoms with van der Waals surface area (Å²) in [5.74, 6) is 0.702. The van der Waals surface area contributed by atoms with Gasteiger partial charge in [0.1, 0.15) is 10.7 Å². The average Bonchev–Trinajstić information content (AvgIpc) is 2.90. The maximum Gasteiger partial charge on any atom is 0.260 e. The summed E-state index contributed by atoms with van der Waals surface area (Å²) in [6.07, 6.45) is 2.18. The number of likely N-dealkylation sites (tertiary alicyclic amines) is 1. The van der Waals surface area contributed by atoms with Crippen molar-refractivity contribution in [2.24, 2.45) is 5.73 Å². The first-order valence-corrected chi connectivity index (χ1v) is 6.38. The number of hydrogen-bond acceptors (Lipinski definition) is 3. The van der Waals surface area contributed by atoms with E-state index in [4.69, 9.17) is 22.7 Å². The van der Waals surface area contributed by atoms with Gasteiger partial charge >= 0.3 is 0 Å². The molecule has 2 rings (SSSR count). The van der Waals surface area contributed by atoms with Gasteiger partial charge in [-0.3, -0.25) is 4.79 Å². The molecule has 1 aromatic rings. The molecule has 0 aliphatic carbocycles. The molecule has 1 fully saturated rings. The number of hydrogen-bond donors (Lipinski definition) is 1. The second kappa shape index (κ2) is 5.82. The molecule has 1 aliphatic rings. The molecule has 1 amide bonds. The van der Waals surface area contributed by atoms with Crippen LogP contribution in [0.5, 0.6) is 5.75 Å². The van der Waals surface area contributed by atoms with Crippen LogP contribution in [0.2, 0.25) is 0 Å². The molecule has 0 atom stereocenters. The van der Waals surface area contributed by atoms with Gasteiger partial charge in [0.15, 0.2) is 6.61 Å². The molecule has 96 valence electrons. The molecule has 18 heavy (non-hydrogen) atoms. The van der Waals surface area contributed by atoms with Crippen molar-refractivity contribution >= 4 is 23.1 Å². The number of nitrogens with two attached hydrogens (primary N) is 1. The standard InChI is InChI=1S/C13H16N2O2S/c14-13(18)10-3-5-11(6-4-10)17-9-12(16)15-7-1-2-8-15/h3-6H,1-2,7-9H2,(H2,14,18). The molecule has 1 aromatic carbocycles. The highest BCUT2D eigenvalue weighted by Gasteiger charge is 2.17. The molecule has 0 unspecified atom stereocenters. The van der Waals surface area contributed by atoms with E-state index in [-0.39, 0.29) is 12.5 Å². The molecule has 4 nitrogen and oxygen atoms in total. The molecular weight excluding hydrogens is 248 g/mol. The number of ether oxygens (including phenoxy) is 1. The lowest BCUT2D eigenvalue weighted by Gasteiger charge is -2.15. The van der Waals surface area contributed by atoms with Crippen LogP contribution in [-0.4, -0.2) is 35.5 Å². The van der Waals surface area contributed by atoms with Gasteiger partial charge in [-0.2, -0.15) is 0 Å². The van der Waals surface area contributed by atoms with Crippen molar-refractivity contribution in [3.8, 4) is 5.75 Å². The van der Waals surface area contributed by atoms with Gasteiger partial charge in [0, 0.05) is 18.7 Å². The zero-order valence-electron chi connectivity index (χ0n) is 10.1. The molecule has 5 heteroatoms. The SMILES string of the molecule is NC(=S)c1ccc(OCC(=O)N2CCCC2)cc1. The molecular formula is C13H16N2O2S. The summed E-state index contributed by atoms with van der Waals surface area (Å²) < 4.78 is 5.44. The van der Waals surface area contributed by atoms with Crippen LogP contribution in [0.4, 0.5) is 0 Å². The van der Waals surface area contributed by atoms with E-state index in [2.05, 4.69) is 0 Å². The number of carbonyl (C=O) groups is 1. The largest absolute Gasteiger partial charge is 0.484 e. The summed E-state index contributed by atoms with van der Waals surface area (Å²) in [5.41, 5.74) is 6.29. The molecule has 1 aliphatic heterocycles. The van der Waals surface area contributed by atoms with Gasteiger partial charge in [0.05, 0.1) is 0 Å². The third-order valence-electron chi connectivity index (χ3n) is 2.96. The van der Waals surface area contributed by atoms with E-state index in [1.807, 2.05) is 4.90 Å². The van der Waals surface area contributed by atoms with Crippen LogP contribution in [0, 0.1) is 0 Å². The van der Waals surface area contributed by atoms with Gasteiger partial charge in [-0.1, -0.05) is 12.2 Å². The summed E-state index contributed by atoms with van der Waals surface area (Å²) in [6.45, 7) is 1.79. The zero-order chi connectivity index (χ0) is 13.0. The van der Waals surface area contributed by atoms with Crippen LogP contribution in [0.3, 0.4) is 0 Å². The molecule has 0 aromatic heterocycles. The topological polar surface area (TPSA) is 55.6 Å². The van der Waals surface area contributed by atoms with Crippen LogP contribution in [0.1, 0.15) is 18.4 Å². The van der Waals surface area contributed by atoms with Gasteiger partial charge in [-0.15, -0.1) is 0 Å². The third kappa shape index (κ3) is 3.20. The lowest BCUT2D eigenvalue weighted by Crippen LogP contribution is -2.32. The Bertz CT molecular complexity index is 439. The van der Waals surface area contributed by atoms with E-state index in [9.17, 15) is 4.79 Å². The van der Waals surface area contributed by atoms with E-state index in [1.165, 1.54) is 0 Å². The van der Waals surface area contributed by atoms with Crippen molar-refractivity contribution in [3.63, 3.8) is 0 Å². The number of rotatable bonds is 4. The normalized spacial score (nSPS) is 14.6. The van der Waals surface area contributed by atoms with Gasteiger partial charge < -0.3 is 15.4 Å². The Hall–Kier alpha value is -1.62. The Balaban J connectivity index is 1.86. The van der Waals surface area contributed by atoms with Crippen LogP contribution in [0.15, 0.2) is 24.3 Å². The summed E-state index contributed by atoms with van der Waals surface area (Å²) >= 11 is 4.86. The highest BCUT2D eigenvalue weighted by molar-refractivity contribution is 7.80. The van der Waals surface area contributed by atoms with E-state index in [0.717, 1.165) is 31.5 Å². The highest BCUT2D eigenvalue weighted by atomic mass is 32.1. The Labute approximate surface area is 112 Å². The lowest BCUT2D eigenvalue weighted by molar-refractivity contribution is -0.132. The molecule has 0 radical (unpaired) electrons. The smallest absolute Gasteiger partial charge is 0.260 e. The minimum Gasteiger partial charge on any atom is -0.484 e. The van der Waals surface area contributed by atoms with E-state index >= 15 is 0 Å². The summed E-state index contributed by atoms with van der Waals surface area (Å²) in [5, 5.41) is 0. The third-order valence-corrected chi connectivity index (χ3v) is 3.20. The van der Waals surface area contributed by atoms with Crippen LogP contribution in [0.25, 0.3) is 0 Å². The predicted molar refractivity (Wildman–Crippen MR) is 73.6 cm³/mol. The molecule has 2 N–H and O–H groups in total. The number of thiocarbonyl (C=S) groups is 1. The van der Waals surface area contributed by atoms with Crippen molar-refractivity contribution in [3.05, 3.63) is 29.8 Å². The Morgan fingerprint density at radius 3 is 2.44 bits per heavy atom. The minimum atomic E-state index is 0.0472. The minimum absolute atomic E-state index is 0.0472. The van der Waals surface area contributed by atoms with Gasteiger partial charge in [-0.05, 0) is 37.1 Å². The molecule has 0 saturated carbocycles. The van der Waals surface area contributed by atoms with Gasteiger partial charge in [0.2, 0.25) is 0 Å². The molecule has 1 heterocycles. The van der Waals surface area contributed by atoms with Crippen molar-refractivity contribution in [1.29, 1.82) is 0 Å². The number of amides is 1. The van der Waals surface area contributed by atoms with E-state index < -0.39 is 0 Å². The summed E-state index contributed by atoms with van der Waals surface area (Å²) in [6, 6.07) is 7.12. The fraction of sp³-hybridized carbons (Fsp3) is 0.385. The Kier molecular flexibility index (Phi) is 4.15. The molecule has 0 spiro atoms. The number of carbonyl (C=O) groups excluding carboxylic acids is 1. The first-order valence-electron chi connectivity index (χ1n) is 5.97. The zero-order valence-corrected chi connectivity index (χ0v) is 10.9. The van der Waals surface area contributed by atoms with E-state index in [1.54, 1.807) is 24.3 Å². The summed E-state index contributed by atoms with van der Waals surface area (Å²) in [7, 11) is 0. The summed E-state index contributed by atoms with van der Waals surface area (Å²) in [4.78, 5) is 13.9. The van der Waals surface area contributed by atoms with Crippen LogP contribution >= 0.6 is 12.2 Å². The molecule has 0 bridgehead atoms. The Morgan fingerprint density at radius 1 is 1.28 bits per heavy atom. The quantitative estimate of drug-likeness (QED) is 0.833. The fourth-order valence-corrected chi connectivity index (χ4v) is 2.05. The predicted octanol–water partition coefficient (Wildman–Crippen LogP) is 1.32. The van der Waals surface area contributed by atoms with Crippen molar-refractivity contribution in [1.82, 2.24) is 4.90 Å². The van der Waals surface area contributed by atoms with Crippen molar-refractivity contribution in [2.45, 2.75) is 12.8 Å². The lowest BCUT2D eigenvalue weighted by atomic mass is 10.2. The average molecular weight is 264 g/mol. The van der Waals surface area contributed by atoms with Crippen molar-refractivity contribution < 1.29 is 9.53 Å². The number of nitrogens with zero attached hydrogens (tertiary/aromatic N) is 1. The van der Waals surface area contributed by atoms with Crippen LogP contribution < -0.4 is 10.5 Å². The monoisotopic (exact) mass is 264 g/mol. The fourth-order valence-electron chi connectivity index (χ4n) is 1.92. The van der Waals surface area contributed by atoms with Gasteiger partial charge in [-0.25, -0.2) is 0 Å². The first kappa shape index (κ1) is 12.8. The van der Waals surface area contributed by atoms with E-state index in [0.29, 0.717) is 10.7 Å². The number of benzene rings is 1. The highest BCUT2D eigenvalue weighted by Crippen LogP contribution is 2.13. The second-order valence-corrected chi connectivity index (χ2v) is 4.71. The Morgan fingerprint density at radius 2 is 1.89 bits per heavy atom. The van der Waals surface area contributed by atoms with Crippen molar-refractivity contribution in [2.75, 3.05) is 19.7 Å². The van der Waals surface area contributed by atoms with Gasteiger partial charge in [0.25, 0.3) is 5.91 Å². The second-order valence-electron chi connectivity index (χ2n) is 4.27. The first-order chi connectivity index (χ1) is 8.66. The van der Waals surface area contributed by atoms with Crippen LogP contribution in [-0.2, 0) is 4.79 Å². The molecule has 1 saturated heterocycles. The maximum atomic E-state index is 11.8.